The van der Waals surface area contributed by atoms with Crippen molar-refractivity contribution in [3.8, 4) is 0 Å². The lowest BCUT2D eigenvalue weighted by atomic mass is 10.0. The van der Waals surface area contributed by atoms with Gasteiger partial charge in [0.1, 0.15) is 0 Å². The van der Waals surface area contributed by atoms with Crippen LogP contribution in [0.15, 0.2) is 42.5 Å². The number of ether oxygens (including phenoxy) is 1. The molecule has 0 aliphatic carbocycles. The molecule has 29 heavy (non-hydrogen) atoms. The molecule has 0 aliphatic heterocycles. The van der Waals surface area contributed by atoms with Crippen molar-refractivity contribution in [2.45, 2.75) is 32.4 Å². The van der Waals surface area contributed by atoms with E-state index in [2.05, 4.69) is 5.32 Å². The van der Waals surface area contributed by atoms with Crippen molar-refractivity contribution in [1.82, 2.24) is 5.32 Å². The lowest BCUT2D eigenvalue weighted by Crippen LogP contribution is -2.33. The summed E-state index contributed by atoms with van der Waals surface area (Å²) in [6.07, 6.45) is -1.59. The fourth-order valence-electron chi connectivity index (χ4n) is 2.51. The van der Waals surface area contributed by atoms with Gasteiger partial charge in [0.05, 0.1) is 18.2 Å². The molecule has 0 spiro atoms. The van der Waals surface area contributed by atoms with Gasteiger partial charge in [0.2, 0.25) is 5.91 Å². The second-order valence-electron chi connectivity index (χ2n) is 6.21. The fraction of sp³-hybridized carbons (Fsp3) is 0.250. The van der Waals surface area contributed by atoms with Crippen LogP contribution in [0, 0.1) is 17.5 Å². The van der Waals surface area contributed by atoms with Gasteiger partial charge in [-0.05, 0) is 24.6 Å². The topological polar surface area (TPSA) is 84.5 Å². The van der Waals surface area contributed by atoms with E-state index in [-0.39, 0.29) is 12.3 Å². The van der Waals surface area contributed by atoms with Crippen LogP contribution in [0.3, 0.4) is 0 Å². The highest BCUT2D eigenvalue weighted by molar-refractivity contribution is 5.95. The van der Waals surface area contributed by atoms with E-state index >= 15 is 0 Å². The van der Waals surface area contributed by atoms with E-state index in [1.54, 1.807) is 30.3 Å². The second kappa shape index (κ2) is 9.72. The monoisotopic (exact) mass is 408 g/mol. The largest absolute Gasteiger partial charge is 0.452 e. The van der Waals surface area contributed by atoms with Crippen molar-refractivity contribution >= 4 is 23.5 Å². The molecule has 154 valence electrons. The van der Waals surface area contributed by atoms with Gasteiger partial charge in [-0.3, -0.25) is 14.4 Å². The summed E-state index contributed by atoms with van der Waals surface area (Å²) in [5.74, 6) is -6.77. The first-order valence-electron chi connectivity index (χ1n) is 8.65. The Balaban J connectivity index is 2.00. The van der Waals surface area contributed by atoms with Crippen LogP contribution in [0.2, 0.25) is 0 Å². The van der Waals surface area contributed by atoms with E-state index < -0.39 is 47.2 Å². The molecule has 0 heterocycles. The summed E-state index contributed by atoms with van der Waals surface area (Å²) >= 11 is 0. The number of rotatable bonds is 7. The highest BCUT2D eigenvalue weighted by Gasteiger charge is 2.24. The first kappa shape index (κ1) is 21.9. The van der Waals surface area contributed by atoms with Gasteiger partial charge in [0.15, 0.2) is 23.6 Å². The minimum absolute atomic E-state index is 0.249. The van der Waals surface area contributed by atoms with Crippen molar-refractivity contribution in [3.05, 3.63) is 65.5 Å². The van der Waals surface area contributed by atoms with E-state index in [0.717, 1.165) is 6.07 Å². The number of amides is 2. The number of nitrogens with one attached hydrogen (secondary N) is 2. The summed E-state index contributed by atoms with van der Waals surface area (Å²) in [6, 6.07) is 9.52. The fourth-order valence-corrected chi connectivity index (χ4v) is 2.51. The Bertz CT molecular complexity index is 906. The molecule has 0 aliphatic rings. The molecule has 6 nitrogen and oxygen atoms in total. The molecule has 0 saturated heterocycles. The minimum Gasteiger partial charge on any atom is -0.452 e. The van der Waals surface area contributed by atoms with Crippen LogP contribution < -0.4 is 10.6 Å². The summed E-state index contributed by atoms with van der Waals surface area (Å²) < 4.78 is 44.9. The van der Waals surface area contributed by atoms with E-state index in [9.17, 15) is 27.6 Å². The SMILES string of the molecule is CC(=O)N[C@H](CC(=O)O[C@H](C)C(=O)Nc1ccc(F)c(F)c1F)c1ccccc1. The van der Waals surface area contributed by atoms with Gasteiger partial charge < -0.3 is 15.4 Å². The Morgan fingerprint density at radius 1 is 1.00 bits per heavy atom. The molecule has 0 bridgehead atoms. The van der Waals surface area contributed by atoms with E-state index in [4.69, 9.17) is 4.74 Å². The summed E-state index contributed by atoms with van der Waals surface area (Å²) in [6.45, 7) is 2.54. The van der Waals surface area contributed by atoms with Gasteiger partial charge in [-0.25, -0.2) is 13.2 Å². The van der Waals surface area contributed by atoms with Crippen LogP contribution >= 0.6 is 0 Å². The molecule has 9 heteroatoms. The van der Waals surface area contributed by atoms with E-state index in [1.807, 2.05) is 5.32 Å². The third-order valence-electron chi connectivity index (χ3n) is 3.92. The van der Waals surface area contributed by atoms with Crippen LogP contribution in [-0.4, -0.2) is 23.9 Å². The molecular formula is C20H19F3N2O4. The average molecular weight is 408 g/mol. The molecule has 2 rings (SSSR count). The molecule has 2 atom stereocenters. The second-order valence-corrected chi connectivity index (χ2v) is 6.21. The molecule has 0 saturated carbocycles. The van der Waals surface area contributed by atoms with Gasteiger partial charge in [-0.1, -0.05) is 30.3 Å². The normalized spacial score (nSPS) is 12.6. The summed E-state index contributed by atoms with van der Waals surface area (Å²) in [7, 11) is 0. The average Bonchev–Trinajstić information content (AvgIpc) is 2.68. The van der Waals surface area contributed by atoms with Crippen LogP contribution in [0.4, 0.5) is 18.9 Å². The van der Waals surface area contributed by atoms with Crippen molar-refractivity contribution in [2.75, 3.05) is 5.32 Å². The van der Waals surface area contributed by atoms with Crippen LogP contribution in [-0.2, 0) is 19.1 Å². The molecule has 0 radical (unpaired) electrons. The highest BCUT2D eigenvalue weighted by atomic mass is 19.2. The van der Waals surface area contributed by atoms with Gasteiger partial charge in [0.25, 0.3) is 5.91 Å². The van der Waals surface area contributed by atoms with Gasteiger partial charge in [-0.2, -0.15) is 0 Å². The zero-order chi connectivity index (χ0) is 21.6. The number of carbonyl (C=O) groups is 3. The number of benzene rings is 2. The Morgan fingerprint density at radius 2 is 1.66 bits per heavy atom. The molecule has 2 aromatic rings. The number of esters is 1. The number of halogens is 3. The molecular weight excluding hydrogens is 389 g/mol. The van der Waals surface area contributed by atoms with Crippen LogP contribution in [0.1, 0.15) is 31.9 Å². The molecule has 2 aromatic carbocycles. The lowest BCUT2D eigenvalue weighted by Gasteiger charge is -2.19. The minimum atomic E-state index is -1.73. The zero-order valence-electron chi connectivity index (χ0n) is 15.7. The first-order valence-corrected chi connectivity index (χ1v) is 8.65. The van der Waals surface area contributed by atoms with Crippen LogP contribution in [0.25, 0.3) is 0 Å². The summed E-state index contributed by atoms with van der Waals surface area (Å²) in [5, 5.41) is 4.65. The van der Waals surface area contributed by atoms with Crippen molar-refractivity contribution in [2.24, 2.45) is 0 Å². The predicted octanol–water partition coefficient (Wildman–Crippen LogP) is 3.24. The summed E-state index contributed by atoms with van der Waals surface area (Å²) in [4.78, 5) is 35.7. The maximum atomic E-state index is 13.7. The van der Waals surface area contributed by atoms with Gasteiger partial charge in [-0.15, -0.1) is 0 Å². The highest BCUT2D eigenvalue weighted by Crippen LogP contribution is 2.21. The Labute approximate surface area is 165 Å². The molecule has 0 unspecified atom stereocenters. The van der Waals surface area contributed by atoms with Gasteiger partial charge >= 0.3 is 5.97 Å². The quantitative estimate of drug-likeness (QED) is 0.544. The Morgan fingerprint density at radius 3 is 2.28 bits per heavy atom. The Hall–Kier alpha value is -3.36. The zero-order valence-corrected chi connectivity index (χ0v) is 15.7. The lowest BCUT2D eigenvalue weighted by molar-refractivity contribution is -0.153. The third kappa shape index (κ3) is 6.06. The van der Waals surface area contributed by atoms with Crippen LogP contribution in [0.5, 0.6) is 0 Å². The maximum absolute atomic E-state index is 13.7. The molecule has 0 aromatic heterocycles. The third-order valence-corrected chi connectivity index (χ3v) is 3.92. The smallest absolute Gasteiger partial charge is 0.309 e. The molecule has 0 fully saturated rings. The van der Waals surface area contributed by atoms with Gasteiger partial charge in [0, 0.05) is 6.92 Å². The number of anilines is 1. The van der Waals surface area contributed by atoms with E-state index in [1.165, 1.54) is 13.8 Å². The summed E-state index contributed by atoms with van der Waals surface area (Å²) in [5.41, 5.74) is 0.0813. The standard InChI is InChI=1S/C20H19F3N2O4/c1-11(20(28)25-15-9-8-14(21)18(22)19(15)23)29-17(27)10-16(24-12(2)26)13-6-4-3-5-7-13/h3-9,11,16H,10H2,1-2H3,(H,24,26)(H,25,28)/t11-,16-/m1/s1. The van der Waals surface area contributed by atoms with Crippen molar-refractivity contribution in [1.29, 1.82) is 0 Å². The first-order chi connectivity index (χ1) is 13.7. The maximum Gasteiger partial charge on any atom is 0.309 e. The molecule has 2 N–H and O–H groups in total. The van der Waals surface area contributed by atoms with Crippen molar-refractivity contribution in [3.63, 3.8) is 0 Å². The van der Waals surface area contributed by atoms with Crippen molar-refractivity contribution < 1.29 is 32.3 Å². The number of hydrogen-bond acceptors (Lipinski definition) is 4. The molecule has 2 amide bonds. The predicted molar refractivity (Wildman–Crippen MR) is 98.1 cm³/mol. The number of hydrogen-bond donors (Lipinski definition) is 2. The van der Waals surface area contributed by atoms with E-state index in [0.29, 0.717) is 11.6 Å². The number of carbonyl (C=O) groups excluding carboxylic acids is 3. The Kier molecular flexibility index (Phi) is 7.35.